The Bertz CT molecular complexity index is 835. The molecule has 1 amide bonds. The average Bonchev–Trinajstić information content (AvgIpc) is 2.62. The maximum atomic E-state index is 13.1. The molecule has 0 atom stereocenters. The van der Waals surface area contributed by atoms with Crippen molar-refractivity contribution < 1.29 is 13.6 Å². The Morgan fingerprint density at radius 1 is 0.880 bits per heavy atom. The van der Waals surface area contributed by atoms with Crippen molar-refractivity contribution in [1.29, 1.82) is 0 Å². The van der Waals surface area contributed by atoms with E-state index < -0.39 is 5.91 Å². The monoisotopic (exact) mass is 359 g/mol. The van der Waals surface area contributed by atoms with Crippen molar-refractivity contribution in [2.75, 3.05) is 11.2 Å². The van der Waals surface area contributed by atoms with Gasteiger partial charge < -0.3 is 0 Å². The predicted octanol–water partition coefficient (Wildman–Crippen LogP) is 4.27. The maximum absolute atomic E-state index is 13.1. The van der Waals surface area contributed by atoms with Crippen LogP contribution < -0.4 is 5.32 Å². The highest BCUT2D eigenvalue weighted by atomic mass is 35.5. The lowest BCUT2D eigenvalue weighted by atomic mass is 10.1. The third-order valence-electron chi connectivity index (χ3n) is 3.38. The number of halogens is 3. The van der Waals surface area contributed by atoms with E-state index in [1.54, 1.807) is 30.3 Å². The molecule has 3 rings (SSSR count). The molecule has 3 aromatic rings. The van der Waals surface area contributed by atoms with Crippen LogP contribution in [0.5, 0.6) is 0 Å². The molecule has 2 aromatic carbocycles. The van der Waals surface area contributed by atoms with Crippen LogP contribution >= 0.6 is 11.6 Å². The third kappa shape index (κ3) is 4.16. The summed E-state index contributed by atoms with van der Waals surface area (Å²) in [4.78, 5) is 20.1. The molecule has 0 unspecified atom stereocenters. The number of amides is 1. The molecule has 0 spiro atoms. The van der Waals surface area contributed by atoms with Crippen LogP contribution in [0.15, 0.2) is 54.6 Å². The Labute approximate surface area is 147 Å². The van der Waals surface area contributed by atoms with E-state index in [-0.39, 0.29) is 23.5 Å². The van der Waals surface area contributed by atoms with E-state index in [1.807, 2.05) is 0 Å². The van der Waals surface area contributed by atoms with Crippen molar-refractivity contribution >= 4 is 23.5 Å². The zero-order valence-electron chi connectivity index (χ0n) is 12.8. The number of nitrogens with one attached hydrogen (secondary N) is 1. The number of rotatable bonds is 4. The number of hydrogen-bond acceptors (Lipinski definition) is 3. The minimum Gasteiger partial charge on any atom is -0.293 e. The molecular weight excluding hydrogens is 348 g/mol. The molecule has 0 fully saturated rings. The van der Waals surface area contributed by atoms with Gasteiger partial charge in [0.05, 0.1) is 11.4 Å². The first-order chi connectivity index (χ1) is 12.0. The summed E-state index contributed by atoms with van der Waals surface area (Å²) in [7, 11) is 0. The van der Waals surface area contributed by atoms with E-state index in [4.69, 9.17) is 11.6 Å². The molecule has 0 bridgehead atoms. The number of nitrogens with zero attached hydrogens (tertiary/aromatic N) is 2. The predicted molar refractivity (Wildman–Crippen MR) is 92.2 cm³/mol. The molecule has 126 valence electrons. The lowest BCUT2D eigenvalue weighted by Crippen LogP contribution is -2.15. The van der Waals surface area contributed by atoms with Crippen molar-refractivity contribution in [1.82, 2.24) is 9.97 Å². The van der Waals surface area contributed by atoms with Crippen LogP contribution in [-0.4, -0.2) is 21.8 Å². The van der Waals surface area contributed by atoms with Crippen LogP contribution in [-0.2, 0) is 4.79 Å². The fourth-order valence-electron chi connectivity index (χ4n) is 2.20. The van der Waals surface area contributed by atoms with Gasteiger partial charge in [-0.15, -0.1) is 11.6 Å². The summed E-state index contributed by atoms with van der Waals surface area (Å²) in [6.07, 6.45) is 0. The Kier molecular flexibility index (Phi) is 5.00. The molecule has 7 heteroatoms. The number of carbonyl (C=O) groups is 1. The fraction of sp³-hybridized carbons (Fsp3) is 0.0556. The van der Waals surface area contributed by atoms with E-state index in [2.05, 4.69) is 15.3 Å². The van der Waals surface area contributed by atoms with Gasteiger partial charge in [0.2, 0.25) is 11.9 Å². The van der Waals surface area contributed by atoms with Gasteiger partial charge in [-0.05, 0) is 54.6 Å². The molecule has 0 aliphatic heterocycles. The lowest BCUT2D eigenvalue weighted by molar-refractivity contribution is -0.114. The van der Waals surface area contributed by atoms with Crippen LogP contribution in [0.1, 0.15) is 0 Å². The largest absolute Gasteiger partial charge is 0.293 e. The lowest BCUT2D eigenvalue weighted by Gasteiger charge is -2.09. The van der Waals surface area contributed by atoms with Crippen molar-refractivity contribution in [3.8, 4) is 22.5 Å². The smallest absolute Gasteiger partial charge is 0.241 e. The topological polar surface area (TPSA) is 54.9 Å². The van der Waals surface area contributed by atoms with Gasteiger partial charge in [-0.2, -0.15) is 0 Å². The maximum Gasteiger partial charge on any atom is 0.241 e. The molecule has 0 aliphatic carbocycles. The van der Waals surface area contributed by atoms with Crippen LogP contribution in [0, 0.1) is 11.6 Å². The number of alkyl halides is 1. The first-order valence-electron chi connectivity index (χ1n) is 7.32. The molecular formula is C18H12ClF2N3O. The van der Waals surface area contributed by atoms with Crippen molar-refractivity contribution in [3.05, 3.63) is 66.2 Å². The zero-order valence-corrected chi connectivity index (χ0v) is 13.6. The van der Waals surface area contributed by atoms with Gasteiger partial charge in [-0.1, -0.05) is 0 Å². The quantitative estimate of drug-likeness (QED) is 0.708. The highest BCUT2D eigenvalue weighted by Gasteiger charge is 2.11. The molecule has 1 heterocycles. The number of anilines is 1. The zero-order chi connectivity index (χ0) is 17.8. The van der Waals surface area contributed by atoms with E-state index >= 15 is 0 Å². The van der Waals surface area contributed by atoms with Gasteiger partial charge >= 0.3 is 0 Å². The summed E-state index contributed by atoms with van der Waals surface area (Å²) in [5.74, 6) is -1.37. The number of carbonyl (C=O) groups excluding carboxylic acids is 1. The summed E-state index contributed by atoms with van der Waals surface area (Å²) in [6, 6.07) is 13.2. The Hall–Kier alpha value is -2.86. The fourth-order valence-corrected chi connectivity index (χ4v) is 2.27. The Morgan fingerprint density at radius 3 is 1.72 bits per heavy atom. The number of benzene rings is 2. The summed E-state index contributed by atoms with van der Waals surface area (Å²) >= 11 is 5.50. The summed E-state index contributed by atoms with van der Waals surface area (Å²) in [5.41, 5.74) is 2.26. The van der Waals surface area contributed by atoms with Crippen molar-refractivity contribution in [2.45, 2.75) is 0 Å². The molecule has 0 aliphatic rings. The molecule has 0 saturated heterocycles. The molecule has 0 saturated carbocycles. The van der Waals surface area contributed by atoms with E-state index in [0.29, 0.717) is 22.5 Å². The second kappa shape index (κ2) is 7.36. The number of hydrogen-bond donors (Lipinski definition) is 1. The van der Waals surface area contributed by atoms with Gasteiger partial charge in [0.15, 0.2) is 0 Å². The first-order valence-corrected chi connectivity index (χ1v) is 7.85. The van der Waals surface area contributed by atoms with Gasteiger partial charge in [0.1, 0.15) is 17.5 Å². The summed E-state index contributed by atoms with van der Waals surface area (Å²) < 4.78 is 26.3. The Morgan fingerprint density at radius 2 is 1.32 bits per heavy atom. The van der Waals surface area contributed by atoms with Crippen LogP contribution in [0.4, 0.5) is 14.7 Å². The second-order valence-electron chi connectivity index (χ2n) is 5.16. The highest BCUT2D eigenvalue weighted by molar-refractivity contribution is 6.28. The molecule has 25 heavy (non-hydrogen) atoms. The van der Waals surface area contributed by atoms with Crippen molar-refractivity contribution in [3.63, 3.8) is 0 Å². The number of aromatic nitrogens is 2. The second-order valence-corrected chi connectivity index (χ2v) is 5.42. The normalized spacial score (nSPS) is 10.5. The van der Waals surface area contributed by atoms with Crippen LogP contribution in [0.25, 0.3) is 22.5 Å². The van der Waals surface area contributed by atoms with E-state index in [0.717, 1.165) is 0 Å². The third-order valence-corrected chi connectivity index (χ3v) is 3.62. The highest BCUT2D eigenvalue weighted by Crippen LogP contribution is 2.25. The summed E-state index contributed by atoms with van der Waals surface area (Å²) in [5, 5.41) is 2.49. The first kappa shape index (κ1) is 17.0. The van der Waals surface area contributed by atoms with Gasteiger partial charge in [-0.25, -0.2) is 18.7 Å². The SMILES string of the molecule is O=C(CCl)Nc1nc(-c2ccc(F)cc2)cc(-c2ccc(F)cc2)n1. The Balaban J connectivity index is 2.08. The average molecular weight is 360 g/mol. The standard InChI is InChI=1S/C18H12ClF2N3O/c19-10-17(25)24-18-22-15(11-1-5-13(20)6-2-11)9-16(23-18)12-3-7-14(21)8-4-12/h1-9H,10H2,(H,22,23,24,25). The molecule has 4 nitrogen and oxygen atoms in total. The summed E-state index contributed by atoms with van der Waals surface area (Å²) in [6.45, 7) is 0. The molecule has 0 radical (unpaired) electrons. The minimum absolute atomic E-state index is 0.0619. The molecule has 1 aromatic heterocycles. The van der Waals surface area contributed by atoms with Gasteiger partial charge in [-0.3, -0.25) is 10.1 Å². The van der Waals surface area contributed by atoms with E-state index in [1.165, 1.54) is 24.3 Å². The van der Waals surface area contributed by atoms with Gasteiger partial charge in [0.25, 0.3) is 0 Å². The minimum atomic E-state index is -0.456. The van der Waals surface area contributed by atoms with E-state index in [9.17, 15) is 13.6 Å². The van der Waals surface area contributed by atoms with Crippen molar-refractivity contribution in [2.24, 2.45) is 0 Å². The van der Waals surface area contributed by atoms with Crippen LogP contribution in [0.2, 0.25) is 0 Å². The van der Waals surface area contributed by atoms with Gasteiger partial charge in [0, 0.05) is 11.1 Å². The molecule has 1 N–H and O–H groups in total. The van der Waals surface area contributed by atoms with Crippen LogP contribution in [0.3, 0.4) is 0 Å².